The molecule has 120 valence electrons. The van der Waals surface area contributed by atoms with Crippen LogP contribution in [0, 0.1) is 17.0 Å². The fourth-order valence-electron chi connectivity index (χ4n) is 2.04. The third-order valence-corrected chi connectivity index (χ3v) is 3.38. The number of nitrogens with zero attached hydrogens (tertiary/aromatic N) is 2. The molecule has 6 nitrogen and oxygen atoms in total. The maximum absolute atomic E-state index is 12.1. The van der Waals surface area contributed by atoms with Crippen molar-refractivity contribution in [2.45, 2.75) is 13.5 Å². The maximum Gasteiger partial charge on any atom is 0.310 e. The molecular weight excluding hydrogens is 296 g/mol. The number of benzene rings is 2. The van der Waals surface area contributed by atoms with Gasteiger partial charge in [0.05, 0.1) is 4.92 Å². The van der Waals surface area contributed by atoms with Crippen molar-refractivity contribution in [2.24, 2.45) is 0 Å². The van der Waals surface area contributed by atoms with E-state index in [9.17, 15) is 14.9 Å². The Bertz CT molecular complexity index is 698. The number of carbonyl (C=O) groups excluding carboxylic acids is 1. The second kappa shape index (κ2) is 7.40. The molecule has 2 rings (SSSR count). The highest BCUT2D eigenvalue weighted by molar-refractivity contribution is 5.77. The van der Waals surface area contributed by atoms with Crippen molar-refractivity contribution in [3.05, 3.63) is 69.8 Å². The topological polar surface area (TPSA) is 72.7 Å². The third kappa shape index (κ3) is 4.54. The summed E-state index contributed by atoms with van der Waals surface area (Å²) in [5.41, 5.74) is 2.01. The van der Waals surface area contributed by atoms with Crippen LogP contribution < -0.4 is 4.74 Å². The predicted molar refractivity (Wildman–Crippen MR) is 86.2 cm³/mol. The second-order valence-corrected chi connectivity index (χ2v) is 5.25. The quantitative estimate of drug-likeness (QED) is 0.607. The molecule has 2 aromatic rings. The largest absolute Gasteiger partial charge is 0.477 e. The molecule has 0 aliphatic rings. The van der Waals surface area contributed by atoms with E-state index < -0.39 is 4.92 Å². The summed E-state index contributed by atoms with van der Waals surface area (Å²) in [7, 11) is 1.67. The standard InChI is InChI=1S/C17H18N2O4/c1-13-7-9-14(10-8-13)11-18(2)17(20)12-23-16-6-4-3-5-15(16)19(21)22/h3-10H,11-12H2,1-2H3. The van der Waals surface area contributed by atoms with Crippen LogP contribution in [0.4, 0.5) is 5.69 Å². The normalized spacial score (nSPS) is 10.2. The van der Waals surface area contributed by atoms with Gasteiger partial charge >= 0.3 is 5.69 Å². The SMILES string of the molecule is Cc1ccc(CN(C)C(=O)COc2ccccc2[N+](=O)[O-])cc1. The first-order valence-corrected chi connectivity index (χ1v) is 7.13. The van der Waals surface area contributed by atoms with Crippen LogP contribution in [0.1, 0.15) is 11.1 Å². The average Bonchev–Trinajstić information content (AvgIpc) is 2.54. The summed E-state index contributed by atoms with van der Waals surface area (Å²) in [4.78, 5) is 24.0. The van der Waals surface area contributed by atoms with Crippen LogP contribution in [0.5, 0.6) is 5.75 Å². The molecule has 0 atom stereocenters. The van der Waals surface area contributed by atoms with Crippen LogP contribution in [-0.2, 0) is 11.3 Å². The van der Waals surface area contributed by atoms with Crippen LogP contribution >= 0.6 is 0 Å². The number of amides is 1. The van der Waals surface area contributed by atoms with E-state index in [4.69, 9.17) is 4.74 Å². The van der Waals surface area contributed by atoms with Gasteiger partial charge in [0.25, 0.3) is 5.91 Å². The van der Waals surface area contributed by atoms with E-state index in [0.717, 1.165) is 11.1 Å². The smallest absolute Gasteiger partial charge is 0.310 e. The summed E-state index contributed by atoms with van der Waals surface area (Å²) < 4.78 is 5.31. The number of likely N-dealkylation sites (N-methyl/N-ethyl adjacent to an activating group) is 1. The summed E-state index contributed by atoms with van der Waals surface area (Å²) in [5, 5.41) is 10.9. The monoisotopic (exact) mass is 314 g/mol. The lowest BCUT2D eigenvalue weighted by Gasteiger charge is -2.17. The molecule has 0 N–H and O–H groups in total. The van der Waals surface area contributed by atoms with E-state index in [-0.39, 0.29) is 24.0 Å². The molecule has 2 aromatic carbocycles. The Morgan fingerprint density at radius 2 is 1.83 bits per heavy atom. The van der Waals surface area contributed by atoms with E-state index in [1.807, 2.05) is 31.2 Å². The Balaban J connectivity index is 1.94. The van der Waals surface area contributed by atoms with Gasteiger partial charge in [-0.25, -0.2) is 0 Å². The molecule has 0 heterocycles. The molecule has 23 heavy (non-hydrogen) atoms. The van der Waals surface area contributed by atoms with Crippen molar-refractivity contribution in [1.29, 1.82) is 0 Å². The van der Waals surface area contributed by atoms with E-state index in [1.54, 1.807) is 19.2 Å². The zero-order valence-electron chi connectivity index (χ0n) is 13.1. The van der Waals surface area contributed by atoms with Gasteiger partial charge in [-0.15, -0.1) is 0 Å². The summed E-state index contributed by atoms with van der Waals surface area (Å²) in [6, 6.07) is 13.9. The van der Waals surface area contributed by atoms with Gasteiger partial charge in [-0.3, -0.25) is 14.9 Å². The van der Waals surface area contributed by atoms with Crippen LogP contribution in [-0.4, -0.2) is 29.4 Å². The van der Waals surface area contributed by atoms with Gasteiger partial charge in [0, 0.05) is 19.7 Å². The van der Waals surface area contributed by atoms with E-state index in [2.05, 4.69) is 0 Å². The Labute approximate surface area is 134 Å². The molecule has 0 aromatic heterocycles. The lowest BCUT2D eigenvalue weighted by Crippen LogP contribution is -2.31. The number of carbonyl (C=O) groups is 1. The number of rotatable bonds is 6. The zero-order chi connectivity index (χ0) is 16.8. The van der Waals surface area contributed by atoms with Crippen LogP contribution in [0.25, 0.3) is 0 Å². The minimum absolute atomic E-state index is 0.0922. The first kappa shape index (κ1) is 16.5. The molecule has 0 saturated carbocycles. The average molecular weight is 314 g/mol. The predicted octanol–water partition coefficient (Wildman–Crippen LogP) is 2.94. The van der Waals surface area contributed by atoms with E-state index in [0.29, 0.717) is 6.54 Å². The molecule has 1 amide bonds. The summed E-state index contributed by atoms with van der Waals surface area (Å²) >= 11 is 0. The van der Waals surface area contributed by atoms with Crippen molar-refractivity contribution in [1.82, 2.24) is 4.90 Å². The number of hydrogen-bond acceptors (Lipinski definition) is 4. The van der Waals surface area contributed by atoms with E-state index in [1.165, 1.54) is 17.0 Å². The minimum atomic E-state index is -0.532. The van der Waals surface area contributed by atoms with E-state index >= 15 is 0 Å². The number of nitro groups is 1. The lowest BCUT2D eigenvalue weighted by atomic mass is 10.1. The molecule has 0 bridgehead atoms. The molecule has 0 saturated heterocycles. The summed E-state index contributed by atoms with van der Waals surface area (Å²) in [6.45, 7) is 2.21. The molecule has 0 aliphatic carbocycles. The Morgan fingerprint density at radius 1 is 1.17 bits per heavy atom. The molecule has 0 fully saturated rings. The van der Waals surface area contributed by atoms with Gasteiger partial charge in [-0.05, 0) is 18.6 Å². The van der Waals surface area contributed by atoms with Crippen molar-refractivity contribution in [2.75, 3.05) is 13.7 Å². The maximum atomic E-state index is 12.1. The van der Waals surface area contributed by atoms with Gasteiger partial charge < -0.3 is 9.64 Å². The Kier molecular flexibility index (Phi) is 5.30. The summed E-state index contributed by atoms with van der Waals surface area (Å²) in [6.07, 6.45) is 0. The first-order chi connectivity index (χ1) is 11.0. The molecule has 6 heteroatoms. The minimum Gasteiger partial charge on any atom is -0.477 e. The number of ether oxygens (including phenoxy) is 1. The van der Waals surface area contributed by atoms with Crippen molar-refractivity contribution < 1.29 is 14.5 Å². The Hall–Kier alpha value is -2.89. The highest BCUT2D eigenvalue weighted by atomic mass is 16.6. The van der Waals surface area contributed by atoms with Crippen LogP contribution in [0.2, 0.25) is 0 Å². The zero-order valence-corrected chi connectivity index (χ0v) is 13.1. The van der Waals surface area contributed by atoms with Gasteiger partial charge in [0.1, 0.15) is 0 Å². The van der Waals surface area contributed by atoms with Gasteiger partial charge in [-0.1, -0.05) is 42.0 Å². The van der Waals surface area contributed by atoms with Gasteiger partial charge in [0.15, 0.2) is 12.4 Å². The lowest BCUT2D eigenvalue weighted by molar-refractivity contribution is -0.385. The molecule has 0 aliphatic heterocycles. The fourth-order valence-corrected chi connectivity index (χ4v) is 2.04. The number of hydrogen-bond donors (Lipinski definition) is 0. The highest BCUT2D eigenvalue weighted by Crippen LogP contribution is 2.25. The van der Waals surface area contributed by atoms with Crippen LogP contribution in [0.15, 0.2) is 48.5 Å². The molecular formula is C17H18N2O4. The second-order valence-electron chi connectivity index (χ2n) is 5.25. The summed E-state index contributed by atoms with van der Waals surface area (Å²) in [5.74, 6) is -0.154. The molecule has 0 radical (unpaired) electrons. The molecule has 0 spiro atoms. The van der Waals surface area contributed by atoms with Gasteiger partial charge in [-0.2, -0.15) is 0 Å². The third-order valence-electron chi connectivity index (χ3n) is 3.38. The first-order valence-electron chi connectivity index (χ1n) is 7.13. The highest BCUT2D eigenvalue weighted by Gasteiger charge is 2.16. The molecule has 0 unspecified atom stereocenters. The van der Waals surface area contributed by atoms with Crippen molar-refractivity contribution in [3.8, 4) is 5.75 Å². The van der Waals surface area contributed by atoms with Crippen molar-refractivity contribution >= 4 is 11.6 Å². The number of nitro benzene ring substituents is 1. The number of para-hydroxylation sites is 2. The van der Waals surface area contributed by atoms with Gasteiger partial charge in [0.2, 0.25) is 0 Å². The van der Waals surface area contributed by atoms with Crippen molar-refractivity contribution in [3.63, 3.8) is 0 Å². The van der Waals surface area contributed by atoms with Crippen LogP contribution in [0.3, 0.4) is 0 Å². The Morgan fingerprint density at radius 3 is 2.48 bits per heavy atom. The fraction of sp³-hybridized carbons (Fsp3) is 0.235. The number of aryl methyl sites for hydroxylation is 1.